The molecule has 6 heteroatoms. The Hall–Kier alpha value is -1.01. The summed E-state index contributed by atoms with van der Waals surface area (Å²) in [4.78, 5) is 16.1. The zero-order valence-corrected chi connectivity index (χ0v) is 13.8. The molecule has 2 unspecified atom stereocenters. The quantitative estimate of drug-likeness (QED) is 0.754. The van der Waals surface area contributed by atoms with E-state index < -0.39 is 11.5 Å². The highest BCUT2D eigenvalue weighted by Crippen LogP contribution is 2.39. The third-order valence-corrected chi connectivity index (χ3v) is 5.26. The number of carboxylic acids is 1. The van der Waals surface area contributed by atoms with Crippen molar-refractivity contribution >= 4 is 17.7 Å². The van der Waals surface area contributed by atoms with Gasteiger partial charge in [0.1, 0.15) is 11.3 Å². The van der Waals surface area contributed by atoms with Crippen LogP contribution in [0.1, 0.15) is 44.1 Å². The third-order valence-electron chi connectivity index (χ3n) is 4.40. The highest BCUT2D eigenvalue weighted by Gasteiger charge is 2.48. The van der Waals surface area contributed by atoms with Crippen molar-refractivity contribution in [2.45, 2.75) is 57.2 Å². The minimum absolute atomic E-state index is 0.180. The Labute approximate surface area is 129 Å². The van der Waals surface area contributed by atoms with E-state index in [2.05, 4.69) is 10.3 Å². The van der Waals surface area contributed by atoms with E-state index >= 15 is 0 Å². The van der Waals surface area contributed by atoms with E-state index in [1.165, 1.54) is 0 Å². The molecule has 1 fully saturated rings. The zero-order chi connectivity index (χ0) is 15.5. The average molecular weight is 312 g/mol. The van der Waals surface area contributed by atoms with Gasteiger partial charge >= 0.3 is 5.97 Å². The number of rotatable bonds is 7. The van der Waals surface area contributed by atoms with Gasteiger partial charge in [0.15, 0.2) is 0 Å². The molecule has 2 rings (SSSR count). The Morgan fingerprint density at radius 3 is 2.90 bits per heavy atom. The van der Waals surface area contributed by atoms with Crippen molar-refractivity contribution in [3.63, 3.8) is 0 Å². The van der Waals surface area contributed by atoms with Gasteiger partial charge in [0.2, 0.25) is 0 Å². The molecule has 2 atom stereocenters. The first-order valence-electron chi connectivity index (χ1n) is 7.55. The number of aryl methyl sites for hydroxylation is 2. The SMILES string of the molecule is CCNC1(C(=O)O)CCCC1CCSc1nc(C)c(C)o1. The van der Waals surface area contributed by atoms with E-state index in [1.54, 1.807) is 11.8 Å². The lowest BCUT2D eigenvalue weighted by molar-refractivity contribution is -0.146. The number of carbonyl (C=O) groups is 1. The first-order valence-corrected chi connectivity index (χ1v) is 8.53. The molecule has 0 saturated heterocycles. The van der Waals surface area contributed by atoms with Gasteiger partial charge in [-0.1, -0.05) is 25.1 Å². The number of nitrogens with zero attached hydrogens (tertiary/aromatic N) is 1. The van der Waals surface area contributed by atoms with E-state index in [0.29, 0.717) is 11.8 Å². The van der Waals surface area contributed by atoms with E-state index in [-0.39, 0.29) is 5.92 Å². The summed E-state index contributed by atoms with van der Waals surface area (Å²) < 4.78 is 5.55. The van der Waals surface area contributed by atoms with Gasteiger partial charge in [-0.2, -0.15) is 0 Å². The Morgan fingerprint density at radius 1 is 1.57 bits per heavy atom. The fraction of sp³-hybridized carbons (Fsp3) is 0.733. The molecule has 1 aliphatic rings. The number of aliphatic carboxylic acids is 1. The van der Waals surface area contributed by atoms with Crippen LogP contribution in [0, 0.1) is 19.8 Å². The summed E-state index contributed by atoms with van der Waals surface area (Å²) in [6.45, 7) is 6.49. The molecule has 0 radical (unpaired) electrons. The molecule has 1 aliphatic carbocycles. The van der Waals surface area contributed by atoms with Crippen LogP contribution in [0.3, 0.4) is 0 Å². The van der Waals surface area contributed by atoms with Gasteiger partial charge in [-0.05, 0) is 45.6 Å². The monoisotopic (exact) mass is 312 g/mol. The Bertz CT molecular complexity index is 484. The molecule has 1 saturated carbocycles. The van der Waals surface area contributed by atoms with Gasteiger partial charge < -0.3 is 14.8 Å². The number of carboxylic acid groups (broad SMARTS) is 1. The van der Waals surface area contributed by atoms with Crippen molar-refractivity contribution in [2.24, 2.45) is 5.92 Å². The smallest absolute Gasteiger partial charge is 0.324 e. The second-order valence-electron chi connectivity index (χ2n) is 5.65. The van der Waals surface area contributed by atoms with Crippen molar-refractivity contribution in [3.8, 4) is 0 Å². The summed E-state index contributed by atoms with van der Waals surface area (Å²) in [6.07, 6.45) is 3.54. The number of likely N-dealkylation sites (N-methyl/N-ethyl adjacent to an activating group) is 1. The van der Waals surface area contributed by atoms with Crippen LogP contribution in [-0.4, -0.2) is 33.9 Å². The van der Waals surface area contributed by atoms with Crippen LogP contribution in [0.15, 0.2) is 9.64 Å². The maximum Gasteiger partial charge on any atom is 0.324 e. The molecule has 0 aliphatic heterocycles. The second-order valence-corrected chi connectivity index (χ2v) is 6.70. The summed E-state index contributed by atoms with van der Waals surface area (Å²) in [5.74, 6) is 1.16. The summed E-state index contributed by atoms with van der Waals surface area (Å²) in [5, 5.41) is 13.5. The van der Waals surface area contributed by atoms with E-state index in [0.717, 1.165) is 42.9 Å². The lowest BCUT2D eigenvalue weighted by Gasteiger charge is -2.32. The molecule has 0 spiro atoms. The van der Waals surface area contributed by atoms with Crippen LogP contribution >= 0.6 is 11.8 Å². The van der Waals surface area contributed by atoms with Crippen LogP contribution in [0.4, 0.5) is 0 Å². The van der Waals surface area contributed by atoms with Crippen LogP contribution in [0.5, 0.6) is 0 Å². The summed E-state index contributed by atoms with van der Waals surface area (Å²) in [7, 11) is 0. The van der Waals surface area contributed by atoms with Crippen LogP contribution in [0.25, 0.3) is 0 Å². The highest BCUT2D eigenvalue weighted by atomic mass is 32.2. The molecule has 0 bridgehead atoms. The predicted octanol–water partition coefficient (Wildman–Crippen LogP) is 3.01. The topological polar surface area (TPSA) is 75.4 Å². The lowest BCUT2D eigenvalue weighted by atomic mass is 9.85. The largest absolute Gasteiger partial charge is 0.480 e. The molecule has 5 nitrogen and oxygen atoms in total. The van der Waals surface area contributed by atoms with Crippen LogP contribution in [-0.2, 0) is 4.79 Å². The van der Waals surface area contributed by atoms with Gasteiger partial charge in [-0.25, -0.2) is 4.98 Å². The molecule has 1 heterocycles. The first-order chi connectivity index (χ1) is 9.99. The number of oxazole rings is 1. The number of hydrogen-bond donors (Lipinski definition) is 2. The first kappa shape index (κ1) is 16.4. The molecule has 1 aromatic heterocycles. The molecule has 0 aromatic carbocycles. The molecular formula is C15H24N2O3S. The molecule has 118 valence electrons. The molecule has 0 amide bonds. The van der Waals surface area contributed by atoms with Crippen molar-refractivity contribution in [2.75, 3.05) is 12.3 Å². The molecule has 2 N–H and O–H groups in total. The van der Waals surface area contributed by atoms with Gasteiger partial charge in [0, 0.05) is 5.75 Å². The lowest BCUT2D eigenvalue weighted by Crippen LogP contribution is -2.54. The van der Waals surface area contributed by atoms with Crippen molar-refractivity contribution < 1.29 is 14.3 Å². The highest BCUT2D eigenvalue weighted by molar-refractivity contribution is 7.99. The summed E-state index contributed by atoms with van der Waals surface area (Å²) in [6, 6.07) is 0. The minimum atomic E-state index is -0.738. The minimum Gasteiger partial charge on any atom is -0.480 e. The van der Waals surface area contributed by atoms with Gasteiger partial charge in [-0.3, -0.25) is 4.79 Å². The van der Waals surface area contributed by atoms with Crippen molar-refractivity contribution in [1.29, 1.82) is 0 Å². The van der Waals surface area contributed by atoms with E-state index in [1.807, 2.05) is 20.8 Å². The molecule has 1 aromatic rings. The fourth-order valence-corrected chi connectivity index (χ4v) is 4.13. The number of nitrogens with one attached hydrogen (secondary N) is 1. The standard InChI is InChI=1S/C15H24N2O3S/c1-4-16-15(13(18)19)8-5-6-12(15)7-9-21-14-17-10(2)11(3)20-14/h12,16H,4-9H2,1-3H3,(H,18,19). The maximum atomic E-state index is 11.7. The third kappa shape index (κ3) is 3.43. The summed E-state index contributed by atoms with van der Waals surface area (Å²) >= 11 is 1.57. The number of thioether (sulfide) groups is 1. The second kappa shape index (κ2) is 6.83. The van der Waals surface area contributed by atoms with Gasteiger partial charge in [0.05, 0.1) is 5.69 Å². The maximum absolute atomic E-state index is 11.7. The van der Waals surface area contributed by atoms with Gasteiger partial charge in [0.25, 0.3) is 5.22 Å². The fourth-order valence-electron chi connectivity index (χ4n) is 3.17. The normalized spacial score (nSPS) is 25.4. The van der Waals surface area contributed by atoms with E-state index in [4.69, 9.17) is 4.42 Å². The Balaban J connectivity index is 1.93. The van der Waals surface area contributed by atoms with E-state index in [9.17, 15) is 9.90 Å². The van der Waals surface area contributed by atoms with Crippen molar-refractivity contribution in [3.05, 3.63) is 11.5 Å². The zero-order valence-electron chi connectivity index (χ0n) is 12.9. The predicted molar refractivity (Wildman–Crippen MR) is 82.7 cm³/mol. The Morgan fingerprint density at radius 2 is 2.33 bits per heavy atom. The Kier molecular flexibility index (Phi) is 5.32. The number of aromatic nitrogens is 1. The number of hydrogen-bond acceptors (Lipinski definition) is 5. The average Bonchev–Trinajstić information content (AvgIpc) is 2.96. The summed E-state index contributed by atoms with van der Waals surface area (Å²) in [5.41, 5.74) is 0.184. The van der Waals surface area contributed by atoms with Crippen LogP contribution in [0.2, 0.25) is 0 Å². The molecular weight excluding hydrogens is 288 g/mol. The molecule has 21 heavy (non-hydrogen) atoms. The van der Waals surface area contributed by atoms with Crippen molar-refractivity contribution in [1.82, 2.24) is 10.3 Å². The van der Waals surface area contributed by atoms with Crippen LogP contribution < -0.4 is 5.32 Å². The van der Waals surface area contributed by atoms with Gasteiger partial charge in [-0.15, -0.1) is 0 Å².